The number of hydrogen-bond donors (Lipinski definition) is 1. The van der Waals surface area contributed by atoms with Gasteiger partial charge in [-0.1, -0.05) is 35.3 Å². The van der Waals surface area contributed by atoms with Gasteiger partial charge in [-0.15, -0.1) is 0 Å². The molecule has 0 atom stereocenters. The molecule has 0 saturated heterocycles. The second-order valence-corrected chi connectivity index (χ2v) is 5.55. The number of carbonyl (C=O) groups excluding carboxylic acids is 2. The van der Waals surface area contributed by atoms with E-state index in [4.69, 9.17) is 23.2 Å². The van der Waals surface area contributed by atoms with Crippen molar-refractivity contribution in [2.45, 2.75) is 6.92 Å². The molecule has 4 nitrogen and oxygen atoms in total. The summed E-state index contributed by atoms with van der Waals surface area (Å²) < 4.78 is 13.1. The number of rotatable bonds is 4. The average molecular weight is 355 g/mol. The van der Waals surface area contributed by atoms with Crippen LogP contribution in [-0.2, 0) is 9.59 Å². The lowest BCUT2D eigenvalue weighted by Crippen LogP contribution is -2.36. The third-order valence-corrected chi connectivity index (χ3v) is 3.64. The summed E-state index contributed by atoms with van der Waals surface area (Å²) in [5.41, 5.74) is 0.776. The molecule has 0 unspecified atom stereocenters. The SMILES string of the molecule is CC(=O)N(CC(=O)Nc1ccc(F)c(Cl)c1)c1ccccc1Cl. The molecule has 0 bridgehead atoms. The number of hydrogen-bond acceptors (Lipinski definition) is 2. The van der Waals surface area contributed by atoms with E-state index in [9.17, 15) is 14.0 Å². The minimum atomic E-state index is -0.578. The third kappa shape index (κ3) is 4.43. The summed E-state index contributed by atoms with van der Waals surface area (Å²) in [4.78, 5) is 25.2. The van der Waals surface area contributed by atoms with Crippen LogP contribution in [0.3, 0.4) is 0 Å². The Kier molecular flexibility index (Phi) is 5.58. The molecular formula is C16H13Cl2FN2O2. The Labute approximate surface area is 142 Å². The normalized spacial score (nSPS) is 10.3. The average Bonchev–Trinajstić information content (AvgIpc) is 2.49. The molecule has 0 fully saturated rings. The smallest absolute Gasteiger partial charge is 0.244 e. The van der Waals surface area contributed by atoms with E-state index >= 15 is 0 Å². The summed E-state index contributed by atoms with van der Waals surface area (Å²) in [7, 11) is 0. The van der Waals surface area contributed by atoms with Crippen LogP contribution in [0.2, 0.25) is 10.0 Å². The van der Waals surface area contributed by atoms with E-state index in [0.717, 1.165) is 6.07 Å². The highest BCUT2D eigenvalue weighted by atomic mass is 35.5. The van der Waals surface area contributed by atoms with Crippen LogP contribution < -0.4 is 10.2 Å². The fourth-order valence-corrected chi connectivity index (χ4v) is 2.37. The first-order valence-corrected chi connectivity index (χ1v) is 7.41. The second kappa shape index (κ2) is 7.44. The van der Waals surface area contributed by atoms with E-state index in [2.05, 4.69) is 5.32 Å². The van der Waals surface area contributed by atoms with Crippen molar-refractivity contribution in [2.24, 2.45) is 0 Å². The van der Waals surface area contributed by atoms with E-state index in [1.54, 1.807) is 24.3 Å². The molecule has 2 aromatic rings. The molecule has 0 aliphatic rings. The van der Waals surface area contributed by atoms with Crippen LogP contribution >= 0.6 is 23.2 Å². The number of para-hydroxylation sites is 1. The molecule has 1 N–H and O–H groups in total. The summed E-state index contributed by atoms with van der Waals surface area (Å²) in [5.74, 6) is -1.36. The van der Waals surface area contributed by atoms with Crippen molar-refractivity contribution in [1.29, 1.82) is 0 Å². The first-order chi connectivity index (χ1) is 10.9. The lowest BCUT2D eigenvalue weighted by molar-refractivity contribution is -0.120. The number of nitrogens with one attached hydrogen (secondary N) is 1. The Morgan fingerprint density at radius 3 is 2.43 bits per heavy atom. The van der Waals surface area contributed by atoms with Crippen LogP contribution in [-0.4, -0.2) is 18.4 Å². The highest BCUT2D eigenvalue weighted by Crippen LogP contribution is 2.25. The quantitative estimate of drug-likeness (QED) is 0.897. The molecule has 2 aromatic carbocycles. The molecule has 0 radical (unpaired) electrons. The van der Waals surface area contributed by atoms with Gasteiger partial charge >= 0.3 is 0 Å². The first-order valence-electron chi connectivity index (χ1n) is 6.66. The molecule has 7 heteroatoms. The number of nitrogens with zero attached hydrogens (tertiary/aromatic N) is 1. The van der Waals surface area contributed by atoms with Gasteiger partial charge in [-0.2, -0.15) is 0 Å². The van der Waals surface area contributed by atoms with Crippen LogP contribution in [0, 0.1) is 5.82 Å². The highest BCUT2D eigenvalue weighted by Gasteiger charge is 2.18. The Morgan fingerprint density at radius 2 is 1.83 bits per heavy atom. The van der Waals surface area contributed by atoms with Gasteiger partial charge in [-0.05, 0) is 30.3 Å². The zero-order valence-corrected chi connectivity index (χ0v) is 13.7. The predicted molar refractivity (Wildman–Crippen MR) is 89.5 cm³/mol. The zero-order chi connectivity index (χ0) is 17.0. The van der Waals surface area contributed by atoms with Crippen molar-refractivity contribution >= 4 is 46.4 Å². The molecule has 0 aliphatic carbocycles. The maximum atomic E-state index is 13.1. The van der Waals surface area contributed by atoms with Crippen molar-refractivity contribution in [3.8, 4) is 0 Å². The van der Waals surface area contributed by atoms with Gasteiger partial charge < -0.3 is 10.2 Å². The van der Waals surface area contributed by atoms with E-state index in [0.29, 0.717) is 16.4 Å². The molecule has 2 amide bonds. The van der Waals surface area contributed by atoms with E-state index < -0.39 is 11.7 Å². The summed E-state index contributed by atoms with van der Waals surface area (Å²) in [6, 6.07) is 10.5. The highest BCUT2D eigenvalue weighted by molar-refractivity contribution is 6.34. The Hall–Kier alpha value is -2.11. The topological polar surface area (TPSA) is 49.4 Å². The molecule has 23 heavy (non-hydrogen) atoms. The van der Waals surface area contributed by atoms with Crippen molar-refractivity contribution in [2.75, 3.05) is 16.8 Å². The van der Waals surface area contributed by atoms with Gasteiger partial charge in [0.05, 0.1) is 15.7 Å². The van der Waals surface area contributed by atoms with Crippen molar-refractivity contribution in [3.05, 3.63) is 58.3 Å². The number of benzene rings is 2. The van der Waals surface area contributed by atoms with E-state index in [1.807, 2.05) is 0 Å². The van der Waals surface area contributed by atoms with Crippen LogP contribution in [0.1, 0.15) is 6.92 Å². The van der Waals surface area contributed by atoms with Gasteiger partial charge in [-0.3, -0.25) is 9.59 Å². The lowest BCUT2D eigenvalue weighted by Gasteiger charge is -2.21. The molecule has 0 saturated carbocycles. The van der Waals surface area contributed by atoms with Gasteiger partial charge in [0.15, 0.2) is 0 Å². The minimum Gasteiger partial charge on any atom is -0.324 e. The predicted octanol–water partition coefficient (Wildman–Crippen LogP) is 4.12. The monoisotopic (exact) mass is 354 g/mol. The molecule has 0 heterocycles. The summed E-state index contributed by atoms with van der Waals surface area (Å²) >= 11 is 11.7. The fourth-order valence-electron chi connectivity index (χ4n) is 1.95. The molecule has 120 valence electrons. The van der Waals surface area contributed by atoms with E-state index in [1.165, 1.54) is 24.0 Å². The molecule has 0 aromatic heterocycles. The number of anilines is 2. The first kappa shape index (κ1) is 17.2. The van der Waals surface area contributed by atoms with Gasteiger partial charge in [-0.25, -0.2) is 4.39 Å². The fraction of sp³-hybridized carbons (Fsp3) is 0.125. The standard InChI is InChI=1S/C16H13Cl2FN2O2/c1-10(22)21(15-5-3-2-4-12(15)17)9-16(23)20-11-6-7-14(19)13(18)8-11/h2-8H,9H2,1H3,(H,20,23). The van der Waals surface area contributed by atoms with Crippen molar-refractivity contribution < 1.29 is 14.0 Å². The number of amides is 2. The number of halogens is 3. The Balaban J connectivity index is 2.14. The summed E-state index contributed by atoms with van der Waals surface area (Å²) in [5, 5.41) is 2.82. The van der Waals surface area contributed by atoms with Crippen LogP contribution in [0.25, 0.3) is 0 Å². The maximum absolute atomic E-state index is 13.1. The van der Waals surface area contributed by atoms with Gasteiger partial charge in [0, 0.05) is 12.6 Å². The van der Waals surface area contributed by atoms with Crippen LogP contribution in [0.4, 0.5) is 15.8 Å². The molecule has 0 aliphatic heterocycles. The maximum Gasteiger partial charge on any atom is 0.244 e. The molecular weight excluding hydrogens is 342 g/mol. The summed E-state index contributed by atoms with van der Waals surface area (Å²) in [6.07, 6.45) is 0. The largest absolute Gasteiger partial charge is 0.324 e. The van der Waals surface area contributed by atoms with Gasteiger partial charge in [0.1, 0.15) is 12.4 Å². The Bertz CT molecular complexity index is 753. The zero-order valence-electron chi connectivity index (χ0n) is 12.1. The second-order valence-electron chi connectivity index (χ2n) is 4.73. The van der Waals surface area contributed by atoms with Gasteiger partial charge in [0.2, 0.25) is 11.8 Å². The van der Waals surface area contributed by atoms with Crippen molar-refractivity contribution in [3.63, 3.8) is 0 Å². The van der Waals surface area contributed by atoms with E-state index in [-0.39, 0.29) is 17.5 Å². The molecule has 0 spiro atoms. The number of carbonyl (C=O) groups is 2. The Morgan fingerprint density at radius 1 is 1.13 bits per heavy atom. The van der Waals surface area contributed by atoms with Crippen LogP contribution in [0.5, 0.6) is 0 Å². The third-order valence-electron chi connectivity index (χ3n) is 3.03. The van der Waals surface area contributed by atoms with Crippen LogP contribution in [0.15, 0.2) is 42.5 Å². The molecule has 2 rings (SSSR count). The van der Waals surface area contributed by atoms with Crippen molar-refractivity contribution in [1.82, 2.24) is 0 Å². The minimum absolute atomic E-state index is 0.0997. The summed E-state index contributed by atoms with van der Waals surface area (Å²) in [6.45, 7) is 1.11. The van der Waals surface area contributed by atoms with Gasteiger partial charge in [0.25, 0.3) is 0 Å². The lowest BCUT2D eigenvalue weighted by atomic mass is 10.2.